The molecular weight excluding hydrogens is 416 g/mol. The number of aliphatic imine (C=N–C) groups is 1. The van der Waals surface area contributed by atoms with Crippen molar-refractivity contribution >= 4 is 11.7 Å². The summed E-state index contributed by atoms with van der Waals surface area (Å²) in [5.74, 6) is -0.441. The maximum Gasteiger partial charge on any atom is 0.344 e. The molecule has 0 amide bonds. The van der Waals surface area contributed by atoms with Crippen LogP contribution in [0.2, 0.25) is 0 Å². The molecular formula is C11H12NO2U-. The summed E-state index contributed by atoms with van der Waals surface area (Å²) in [6.07, 6.45) is 0. The van der Waals surface area contributed by atoms with Crippen molar-refractivity contribution in [3.63, 3.8) is 0 Å². The SMILES string of the molecule is [CH2-]c1ccccc1C(=NC)C(=O)OC.[U]. The fraction of sp³-hybridized carbons (Fsp3) is 0.182. The number of benzene rings is 1. The summed E-state index contributed by atoms with van der Waals surface area (Å²) in [6.45, 7) is 3.82. The monoisotopic (exact) mass is 428 g/mol. The fourth-order valence-corrected chi connectivity index (χ4v) is 1.17. The topological polar surface area (TPSA) is 38.7 Å². The van der Waals surface area contributed by atoms with Crippen molar-refractivity contribution < 1.29 is 40.6 Å². The molecule has 0 atom stereocenters. The van der Waals surface area contributed by atoms with E-state index >= 15 is 0 Å². The molecule has 0 heterocycles. The Morgan fingerprint density at radius 2 is 2.00 bits per heavy atom. The van der Waals surface area contributed by atoms with Gasteiger partial charge in [-0.05, 0) is 0 Å². The molecule has 0 aliphatic rings. The van der Waals surface area contributed by atoms with Gasteiger partial charge in [0.05, 0.1) is 12.8 Å². The van der Waals surface area contributed by atoms with E-state index in [-0.39, 0.29) is 31.1 Å². The van der Waals surface area contributed by atoms with Crippen LogP contribution < -0.4 is 0 Å². The Morgan fingerprint density at radius 1 is 1.40 bits per heavy atom. The Morgan fingerprint density at radius 3 is 2.47 bits per heavy atom. The molecule has 0 aliphatic heterocycles. The molecule has 0 saturated heterocycles. The predicted molar refractivity (Wildman–Crippen MR) is 55.4 cm³/mol. The van der Waals surface area contributed by atoms with E-state index in [1.54, 1.807) is 13.1 Å². The van der Waals surface area contributed by atoms with Gasteiger partial charge in [-0.2, -0.15) is 18.6 Å². The fourth-order valence-electron chi connectivity index (χ4n) is 1.17. The average molecular weight is 428 g/mol. The molecule has 78 valence electrons. The van der Waals surface area contributed by atoms with Gasteiger partial charge in [0.25, 0.3) is 0 Å². The van der Waals surface area contributed by atoms with Gasteiger partial charge in [0.2, 0.25) is 0 Å². The Labute approximate surface area is 113 Å². The van der Waals surface area contributed by atoms with Crippen molar-refractivity contribution in [2.75, 3.05) is 14.2 Å². The minimum Gasteiger partial charge on any atom is -0.465 e. The summed E-state index contributed by atoms with van der Waals surface area (Å²) in [4.78, 5) is 15.2. The first-order valence-corrected chi connectivity index (χ1v) is 4.17. The number of hydrogen-bond acceptors (Lipinski definition) is 3. The van der Waals surface area contributed by atoms with Crippen LogP contribution in [-0.2, 0) is 9.53 Å². The van der Waals surface area contributed by atoms with Crippen LogP contribution in [0.4, 0.5) is 0 Å². The van der Waals surface area contributed by atoms with Gasteiger partial charge in [0.1, 0.15) is 0 Å². The molecule has 0 unspecified atom stereocenters. The zero-order valence-electron chi connectivity index (χ0n) is 8.78. The standard InChI is InChI=1S/C11H12NO2.U/c1-8-6-4-5-7-9(8)10(12-2)11(13)14-3;/h4-7H,1H2,2-3H3;/q-1;. The summed E-state index contributed by atoms with van der Waals surface area (Å²) < 4.78 is 4.62. The zero-order chi connectivity index (χ0) is 10.6. The van der Waals surface area contributed by atoms with Gasteiger partial charge in [0.15, 0.2) is 0 Å². The molecule has 1 aromatic rings. The van der Waals surface area contributed by atoms with Crippen LogP contribution in [0.5, 0.6) is 0 Å². The maximum atomic E-state index is 11.3. The molecule has 0 N–H and O–H groups in total. The smallest absolute Gasteiger partial charge is 0.344 e. The van der Waals surface area contributed by atoms with E-state index < -0.39 is 5.97 Å². The molecule has 1 rings (SSSR count). The van der Waals surface area contributed by atoms with Crippen molar-refractivity contribution in [3.8, 4) is 0 Å². The van der Waals surface area contributed by atoms with Gasteiger partial charge in [-0.1, -0.05) is 11.6 Å². The van der Waals surface area contributed by atoms with Gasteiger partial charge in [-0.3, -0.25) is 4.99 Å². The third kappa shape index (κ3) is 3.41. The molecule has 1 aromatic carbocycles. The minimum atomic E-state index is -0.441. The number of carbonyl (C=O) groups is 1. The molecule has 4 heteroatoms. The normalized spacial score (nSPS) is 10.4. The van der Waals surface area contributed by atoms with Crippen LogP contribution in [0.15, 0.2) is 29.3 Å². The summed E-state index contributed by atoms with van der Waals surface area (Å²) in [5.41, 5.74) is 1.78. The number of carbonyl (C=O) groups excluding carboxylic acids is 1. The molecule has 0 bridgehead atoms. The van der Waals surface area contributed by atoms with Gasteiger partial charge < -0.3 is 4.74 Å². The summed E-state index contributed by atoms with van der Waals surface area (Å²) in [5, 5.41) is 0. The van der Waals surface area contributed by atoms with Gasteiger partial charge in [-0.25, -0.2) is 4.79 Å². The maximum absolute atomic E-state index is 11.3. The number of ether oxygens (including phenoxy) is 1. The number of nitrogens with zero attached hydrogens (tertiary/aromatic N) is 1. The first kappa shape index (κ1) is 14.3. The second-order valence-electron chi connectivity index (χ2n) is 2.72. The van der Waals surface area contributed by atoms with Crippen LogP contribution >= 0.6 is 0 Å². The summed E-state index contributed by atoms with van der Waals surface area (Å²) in [6, 6.07) is 7.31. The third-order valence-electron chi connectivity index (χ3n) is 1.87. The second kappa shape index (κ2) is 6.71. The number of esters is 1. The molecule has 0 aliphatic carbocycles. The molecule has 0 fully saturated rings. The van der Waals surface area contributed by atoms with Crippen LogP contribution in [0.3, 0.4) is 0 Å². The van der Waals surface area contributed by atoms with Crippen LogP contribution in [0, 0.1) is 38.0 Å². The van der Waals surface area contributed by atoms with Crippen molar-refractivity contribution in [3.05, 3.63) is 42.3 Å². The third-order valence-corrected chi connectivity index (χ3v) is 1.87. The van der Waals surface area contributed by atoms with Crippen LogP contribution in [-0.4, -0.2) is 25.8 Å². The van der Waals surface area contributed by atoms with Crippen molar-refractivity contribution in [1.29, 1.82) is 0 Å². The Hall–Kier alpha value is -0.718. The molecule has 0 saturated carbocycles. The van der Waals surface area contributed by atoms with E-state index in [2.05, 4.69) is 16.7 Å². The molecule has 0 aromatic heterocycles. The molecule has 0 radical (unpaired) electrons. The molecule has 0 spiro atoms. The number of methoxy groups -OCH3 is 1. The van der Waals surface area contributed by atoms with Crippen molar-refractivity contribution in [1.82, 2.24) is 0 Å². The van der Waals surface area contributed by atoms with Crippen molar-refractivity contribution in [2.45, 2.75) is 0 Å². The molecule has 3 nitrogen and oxygen atoms in total. The predicted octanol–water partition coefficient (Wildman–Crippen LogP) is 1.46. The van der Waals surface area contributed by atoms with Crippen molar-refractivity contribution in [2.24, 2.45) is 4.99 Å². The Balaban J connectivity index is 0.00000196. The number of rotatable bonds is 2. The quantitative estimate of drug-likeness (QED) is 0.407. The molecule has 15 heavy (non-hydrogen) atoms. The van der Waals surface area contributed by atoms with E-state index in [1.165, 1.54) is 7.11 Å². The van der Waals surface area contributed by atoms with Gasteiger partial charge >= 0.3 is 5.97 Å². The minimum absolute atomic E-state index is 0. The van der Waals surface area contributed by atoms with E-state index in [4.69, 9.17) is 0 Å². The number of hydrogen-bond donors (Lipinski definition) is 0. The Kier molecular flexibility index (Phi) is 6.39. The Bertz CT molecular complexity index is 375. The van der Waals surface area contributed by atoms with Gasteiger partial charge in [0, 0.05) is 38.2 Å². The zero-order valence-corrected chi connectivity index (χ0v) is 12.9. The van der Waals surface area contributed by atoms with Crippen LogP contribution in [0.1, 0.15) is 11.1 Å². The van der Waals surface area contributed by atoms with Crippen LogP contribution in [0.25, 0.3) is 0 Å². The average Bonchev–Trinajstić information content (AvgIpc) is 2.21. The first-order chi connectivity index (χ1) is 6.70. The summed E-state index contributed by atoms with van der Waals surface area (Å²) >= 11 is 0. The van der Waals surface area contributed by atoms with Gasteiger partial charge in [-0.15, -0.1) is 12.1 Å². The summed E-state index contributed by atoms with van der Waals surface area (Å²) in [7, 11) is 2.89. The van der Waals surface area contributed by atoms with E-state index in [1.807, 2.05) is 18.2 Å². The van der Waals surface area contributed by atoms with E-state index in [0.29, 0.717) is 11.3 Å². The van der Waals surface area contributed by atoms with E-state index in [0.717, 1.165) is 5.56 Å². The largest absolute Gasteiger partial charge is 0.465 e. The second-order valence-corrected chi connectivity index (χ2v) is 2.72. The van der Waals surface area contributed by atoms with E-state index in [9.17, 15) is 4.79 Å². The first-order valence-electron chi connectivity index (χ1n) is 4.17.